The first-order chi connectivity index (χ1) is 9.95. The van der Waals surface area contributed by atoms with Crippen LogP contribution in [0.4, 0.5) is 5.69 Å². The molecule has 3 N–H and O–H groups in total. The van der Waals surface area contributed by atoms with Crippen molar-refractivity contribution in [2.24, 2.45) is 5.73 Å². The minimum Gasteiger partial charge on any atom is -0.322 e. The van der Waals surface area contributed by atoms with Gasteiger partial charge in [-0.1, -0.05) is 31.5 Å². The lowest BCUT2D eigenvalue weighted by atomic mass is 9.96. The number of hydrogen-bond acceptors (Lipinski definition) is 3. The second-order valence-corrected chi connectivity index (χ2v) is 5.51. The Morgan fingerprint density at radius 3 is 2.59 bits per heavy atom. The van der Waals surface area contributed by atoms with Gasteiger partial charge < -0.3 is 11.1 Å². The van der Waals surface area contributed by atoms with Gasteiger partial charge in [0, 0.05) is 0 Å². The Kier molecular flexibility index (Phi) is 6.14. The summed E-state index contributed by atoms with van der Waals surface area (Å²) in [6.07, 6.45) is 3.16. The van der Waals surface area contributed by atoms with Crippen LogP contribution in [0.25, 0.3) is 5.69 Å². The van der Waals surface area contributed by atoms with Crippen molar-refractivity contribution in [2.75, 3.05) is 5.32 Å². The van der Waals surface area contributed by atoms with E-state index in [2.05, 4.69) is 10.4 Å². The summed E-state index contributed by atoms with van der Waals surface area (Å²) in [5.74, 6) is -0.180. The highest BCUT2D eigenvalue weighted by atomic mass is 35.5. The summed E-state index contributed by atoms with van der Waals surface area (Å²) >= 11 is 0. The predicted molar refractivity (Wildman–Crippen MR) is 91.7 cm³/mol. The van der Waals surface area contributed by atoms with Gasteiger partial charge in [0.05, 0.1) is 28.8 Å². The van der Waals surface area contributed by atoms with Crippen LogP contribution in [0.3, 0.4) is 0 Å². The SMILES string of the molecule is CCCC(C)(N)C(=O)Nc1cnn(-c2ccccc2)c1C.Cl. The molecule has 0 fully saturated rings. The van der Waals surface area contributed by atoms with E-state index in [0.29, 0.717) is 12.1 Å². The highest BCUT2D eigenvalue weighted by molar-refractivity contribution is 5.97. The second kappa shape index (κ2) is 7.42. The number of para-hydroxylation sites is 1. The van der Waals surface area contributed by atoms with Gasteiger partial charge in [0.15, 0.2) is 0 Å². The van der Waals surface area contributed by atoms with Crippen LogP contribution in [0.1, 0.15) is 32.4 Å². The molecule has 1 atom stereocenters. The fraction of sp³-hybridized carbons (Fsp3) is 0.375. The number of rotatable bonds is 5. The second-order valence-electron chi connectivity index (χ2n) is 5.51. The first kappa shape index (κ1) is 18.2. The number of nitrogens with zero attached hydrogens (tertiary/aromatic N) is 2. The van der Waals surface area contributed by atoms with Crippen LogP contribution in [-0.4, -0.2) is 21.2 Å². The number of carbonyl (C=O) groups is 1. The number of halogens is 1. The maximum atomic E-state index is 12.2. The number of nitrogens with one attached hydrogen (secondary N) is 1. The van der Waals surface area contributed by atoms with Gasteiger partial charge >= 0.3 is 0 Å². The molecule has 0 aliphatic carbocycles. The van der Waals surface area contributed by atoms with Crippen LogP contribution in [0, 0.1) is 6.92 Å². The van der Waals surface area contributed by atoms with E-state index in [0.717, 1.165) is 17.8 Å². The first-order valence-electron chi connectivity index (χ1n) is 7.16. The number of carbonyl (C=O) groups excluding carboxylic acids is 1. The van der Waals surface area contributed by atoms with Crippen molar-refractivity contribution in [3.63, 3.8) is 0 Å². The summed E-state index contributed by atoms with van der Waals surface area (Å²) in [5.41, 5.74) is 7.71. The lowest BCUT2D eigenvalue weighted by molar-refractivity contribution is -0.120. The third-order valence-corrected chi connectivity index (χ3v) is 3.55. The number of aromatic nitrogens is 2. The Bertz CT molecular complexity index is 622. The van der Waals surface area contributed by atoms with E-state index in [1.807, 2.05) is 44.2 Å². The van der Waals surface area contributed by atoms with Crippen molar-refractivity contribution in [3.05, 3.63) is 42.2 Å². The van der Waals surface area contributed by atoms with E-state index in [-0.39, 0.29) is 18.3 Å². The molecule has 6 heteroatoms. The van der Waals surface area contributed by atoms with Crippen molar-refractivity contribution < 1.29 is 4.79 Å². The van der Waals surface area contributed by atoms with Gasteiger partial charge in [0.1, 0.15) is 0 Å². The summed E-state index contributed by atoms with van der Waals surface area (Å²) < 4.78 is 1.79. The Morgan fingerprint density at radius 2 is 2.00 bits per heavy atom. The zero-order chi connectivity index (χ0) is 15.5. The first-order valence-corrected chi connectivity index (χ1v) is 7.16. The molecule has 0 saturated heterocycles. The molecule has 1 heterocycles. The third-order valence-electron chi connectivity index (χ3n) is 3.55. The molecule has 0 spiro atoms. The average molecular weight is 323 g/mol. The lowest BCUT2D eigenvalue weighted by Gasteiger charge is -2.22. The Balaban J connectivity index is 0.00000242. The van der Waals surface area contributed by atoms with Gasteiger partial charge in [-0.2, -0.15) is 5.10 Å². The molecule has 1 unspecified atom stereocenters. The van der Waals surface area contributed by atoms with Crippen molar-refractivity contribution >= 4 is 24.0 Å². The molecule has 120 valence electrons. The number of nitrogens with two attached hydrogens (primary N) is 1. The molecule has 0 bridgehead atoms. The highest BCUT2D eigenvalue weighted by Crippen LogP contribution is 2.20. The smallest absolute Gasteiger partial charge is 0.244 e. The lowest BCUT2D eigenvalue weighted by Crippen LogP contribution is -2.48. The number of hydrogen-bond donors (Lipinski definition) is 2. The van der Waals surface area contributed by atoms with Crippen LogP contribution >= 0.6 is 12.4 Å². The summed E-state index contributed by atoms with van der Waals surface area (Å²) in [5, 5.41) is 7.21. The molecule has 2 rings (SSSR count). The topological polar surface area (TPSA) is 72.9 Å². The fourth-order valence-electron chi connectivity index (χ4n) is 2.26. The Hall–Kier alpha value is -1.85. The number of anilines is 1. The maximum Gasteiger partial charge on any atom is 0.244 e. The van der Waals surface area contributed by atoms with Gasteiger partial charge in [0.2, 0.25) is 5.91 Å². The molecule has 22 heavy (non-hydrogen) atoms. The van der Waals surface area contributed by atoms with E-state index in [4.69, 9.17) is 5.73 Å². The van der Waals surface area contributed by atoms with Gasteiger partial charge in [-0.15, -0.1) is 12.4 Å². The predicted octanol–water partition coefficient (Wildman–Crippen LogP) is 3.06. The molecule has 1 aromatic heterocycles. The molecular formula is C16H23ClN4O. The van der Waals surface area contributed by atoms with Gasteiger partial charge in [-0.05, 0) is 32.4 Å². The molecule has 0 aliphatic heterocycles. The monoisotopic (exact) mass is 322 g/mol. The largest absolute Gasteiger partial charge is 0.322 e. The van der Waals surface area contributed by atoms with Gasteiger partial charge in [-0.25, -0.2) is 4.68 Å². The number of amides is 1. The van der Waals surface area contributed by atoms with Crippen molar-refractivity contribution in [1.82, 2.24) is 9.78 Å². The number of benzene rings is 1. The van der Waals surface area contributed by atoms with E-state index >= 15 is 0 Å². The summed E-state index contributed by atoms with van der Waals surface area (Å²) in [6.45, 7) is 5.68. The molecule has 5 nitrogen and oxygen atoms in total. The molecule has 0 saturated carbocycles. The molecular weight excluding hydrogens is 300 g/mol. The summed E-state index contributed by atoms with van der Waals surface area (Å²) in [4.78, 5) is 12.2. The van der Waals surface area contributed by atoms with Crippen LogP contribution in [0.15, 0.2) is 36.5 Å². The van der Waals surface area contributed by atoms with Crippen LogP contribution in [0.2, 0.25) is 0 Å². The minimum absolute atomic E-state index is 0. The quantitative estimate of drug-likeness (QED) is 0.888. The zero-order valence-corrected chi connectivity index (χ0v) is 14.0. The Morgan fingerprint density at radius 1 is 1.36 bits per heavy atom. The van der Waals surface area contributed by atoms with E-state index < -0.39 is 5.54 Å². The zero-order valence-electron chi connectivity index (χ0n) is 13.2. The van der Waals surface area contributed by atoms with Gasteiger partial charge in [0.25, 0.3) is 0 Å². The minimum atomic E-state index is -0.865. The van der Waals surface area contributed by atoms with Crippen molar-refractivity contribution in [3.8, 4) is 5.69 Å². The van der Waals surface area contributed by atoms with Crippen LogP contribution in [-0.2, 0) is 4.79 Å². The fourth-order valence-corrected chi connectivity index (χ4v) is 2.26. The molecule has 0 aliphatic rings. The van der Waals surface area contributed by atoms with Crippen molar-refractivity contribution in [2.45, 2.75) is 39.2 Å². The average Bonchev–Trinajstić information content (AvgIpc) is 2.81. The summed E-state index contributed by atoms with van der Waals surface area (Å²) in [6, 6.07) is 9.79. The van der Waals surface area contributed by atoms with Gasteiger partial charge in [-0.3, -0.25) is 4.79 Å². The van der Waals surface area contributed by atoms with E-state index in [1.54, 1.807) is 17.8 Å². The van der Waals surface area contributed by atoms with E-state index in [9.17, 15) is 4.79 Å². The summed E-state index contributed by atoms with van der Waals surface area (Å²) in [7, 11) is 0. The van der Waals surface area contributed by atoms with E-state index in [1.165, 1.54) is 0 Å². The molecule has 1 aromatic carbocycles. The highest BCUT2D eigenvalue weighted by Gasteiger charge is 2.28. The molecule has 0 radical (unpaired) electrons. The molecule has 2 aromatic rings. The van der Waals surface area contributed by atoms with Crippen molar-refractivity contribution in [1.29, 1.82) is 0 Å². The van der Waals surface area contributed by atoms with Crippen LogP contribution < -0.4 is 11.1 Å². The van der Waals surface area contributed by atoms with Crippen LogP contribution in [0.5, 0.6) is 0 Å². The molecule has 1 amide bonds. The normalized spacial score (nSPS) is 13.1. The Labute approximate surface area is 137 Å². The standard InChI is InChI=1S/C16H22N4O.ClH/c1-4-10-16(3,17)15(21)19-14-11-18-20(12(14)2)13-8-6-5-7-9-13;/h5-9,11H,4,10,17H2,1-3H3,(H,19,21);1H. The third kappa shape index (κ3) is 3.87. The maximum absolute atomic E-state index is 12.2.